The molecular weight excluding hydrogens is 396 g/mol. The molecule has 1 aliphatic rings. The van der Waals surface area contributed by atoms with Crippen molar-refractivity contribution >= 4 is 39.1 Å². The van der Waals surface area contributed by atoms with E-state index >= 15 is 0 Å². The summed E-state index contributed by atoms with van der Waals surface area (Å²) < 4.78 is 12.7. The molecule has 0 atom stereocenters. The second-order valence-corrected chi connectivity index (χ2v) is 8.01. The SMILES string of the molecule is CCOc1ccccc1C(=O)N1CCC(Oc2nc3c(Cl)cccc3s2)CC1. The van der Waals surface area contributed by atoms with Crippen LogP contribution in [0.1, 0.15) is 30.1 Å². The smallest absolute Gasteiger partial charge is 0.274 e. The van der Waals surface area contributed by atoms with E-state index in [0.29, 0.717) is 41.2 Å². The van der Waals surface area contributed by atoms with Crippen molar-refractivity contribution in [1.29, 1.82) is 0 Å². The van der Waals surface area contributed by atoms with Crippen LogP contribution in [0.3, 0.4) is 0 Å². The van der Waals surface area contributed by atoms with E-state index in [1.165, 1.54) is 11.3 Å². The number of piperidine rings is 1. The number of amides is 1. The number of carbonyl (C=O) groups excluding carboxylic acids is 1. The average molecular weight is 417 g/mol. The molecule has 1 aromatic heterocycles. The molecule has 2 aromatic carbocycles. The molecule has 0 aliphatic carbocycles. The number of carbonyl (C=O) groups is 1. The summed E-state index contributed by atoms with van der Waals surface area (Å²) in [7, 11) is 0. The Kier molecular flexibility index (Phi) is 5.69. The van der Waals surface area contributed by atoms with Crippen molar-refractivity contribution in [3.05, 3.63) is 53.1 Å². The maximum atomic E-state index is 12.9. The van der Waals surface area contributed by atoms with Crippen molar-refractivity contribution in [3.8, 4) is 10.9 Å². The van der Waals surface area contributed by atoms with Crippen LogP contribution in [0.15, 0.2) is 42.5 Å². The van der Waals surface area contributed by atoms with Crippen LogP contribution in [0, 0.1) is 0 Å². The zero-order chi connectivity index (χ0) is 19.5. The largest absolute Gasteiger partial charge is 0.493 e. The summed E-state index contributed by atoms with van der Waals surface area (Å²) >= 11 is 7.70. The molecule has 5 nitrogen and oxygen atoms in total. The standard InChI is InChI=1S/C21H21ClN2O3S/c1-2-26-17-8-4-3-6-15(17)20(25)24-12-10-14(11-13-24)27-21-23-19-16(22)7-5-9-18(19)28-21/h3-9,14H,2,10-13H2,1H3. The van der Waals surface area contributed by atoms with Gasteiger partial charge in [0.2, 0.25) is 0 Å². The molecule has 1 saturated heterocycles. The van der Waals surface area contributed by atoms with Crippen LogP contribution in [0.4, 0.5) is 0 Å². The van der Waals surface area contributed by atoms with E-state index in [-0.39, 0.29) is 12.0 Å². The van der Waals surface area contributed by atoms with Gasteiger partial charge in [-0.15, -0.1) is 0 Å². The molecule has 2 heterocycles. The monoisotopic (exact) mass is 416 g/mol. The topological polar surface area (TPSA) is 51.7 Å². The van der Waals surface area contributed by atoms with Gasteiger partial charge in [-0.1, -0.05) is 41.1 Å². The summed E-state index contributed by atoms with van der Waals surface area (Å²) in [4.78, 5) is 19.3. The van der Waals surface area contributed by atoms with Crippen LogP contribution in [0.25, 0.3) is 10.2 Å². The molecule has 0 saturated carbocycles. The second-order valence-electron chi connectivity index (χ2n) is 6.60. The van der Waals surface area contributed by atoms with Crippen molar-refractivity contribution in [2.24, 2.45) is 0 Å². The number of thiazole rings is 1. The highest BCUT2D eigenvalue weighted by Gasteiger charge is 2.27. The Labute approximate surface area is 172 Å². The van der Waals surface area contributed by atoms with Gasteiger partial charge in [-0.05, 0) is 31.2 Å². The van der Waals surface area contributed by atoms with Gasteiger partial charge in [-0.3, -0.25) is 4.79 Å². The first kappa shape index (κ1) is 19.0. The Morgan fingerprint density at radius 2 is 2.00 bits per heavy atom. The van der Waals surface area contributed by atoms with Gasteiger partial charge in [-0.2, -0.15) is 0 Å². The molecule has 28 heavy (non-hydrogen) atoms. The van der Waals surface area contributed by atoms with Crippen LogP contribution < -0.4 is 9.47 Å². The van der Waals surface area contributed by atoms with Crippen molar-refractivity contribution in [2.75, 3.05) is 19.7 Å². The number of halogens is 1. The Balaban J connectivity index is 1.39. The number of rotatable bonds is 5. The Hall–Kier alpha value is -2.31. The first-order valence-corrected chi connectivity index (χ1v) is 10.6. The molecule has 3 aromatic rings. The summed E-state index contributed by atoms with van der Waals surface area (Å²) in [5, 5.41) is 1.27. The molecule has 7 heteroatoms. The Morgan fingerprint density at radius 1 is 1.21 bits per heavy atom. The fourth-order valence-electron chi connectivity index (χ4n) is 3.36. The first-order chi connectivity index (χ1) is 13.7. The lowest BCUT2D eigenvalue weighted by atomic mass is 10.1. The zero-order valence-electron chi connectivity index (χ0n) is 15.6. The minimum absolute atomic E-state index is 0.00858. The third-order valence-corrected chi connectivity index (χ3v) is 5.98. The molecule has 0 radical (unpaired) electrons. The Morgan fingerprint density at radius 3 is 2.75 bits per heavy atom. The summed E-state index contributed by atoms with van der Waals surface area (Å²) in [5.41, 5.74) is 1.40. The number of nitrogens with zero attached hydrogens (tertiary/aromatic N) is 2. The lowest BCUT2D eigenvalue weighted by molar-refractivity contribution is 0.0592. The van der Waals surface area contributed by atoms with Gasteiger partial charge in [-0.25, -0.2) is 4.98 Å². The number of hydrogen-bond acceptors (Lipinski definition) is 5. The summed E-state index contributed by atoms with van der Waals surface area (Å²) in [6.45, 7) is 3.75. The second kappa shape index (κ2) is 8.37. The molecule has 0 spiro atoms. The summed E-state index contributed by atoms with van der Waals surface area (Å²) in [6.07, 6.45) is 1.59. The van der Waals surface area contributed by atoms with Gasteiger partial charge in [0.15, 0.2) is 0 Å². The summed E-state index contributed by atoms with van der Waals surface area (Å²) in [6, 6.07) is 13.1. The van der Waals surface area contributed by atoms with Gasteiger partial charge >= 0.3 is 0 Å². The van der Waals surface area contributed by atoms with E-state index in [1.54, 1.807) is 0 Å². The van der Waals surface area contributed by atoms with E-state index in [0.717, 1.165) is 23.1 Å². The molecule has 4 rings (SSSR count). The van der Waals surface area contributed by atoms with Crippen molar-refractivity contribution < 1.29 is 14.3 Å². The maximum absolute atomic E-state index is 12.9. The predicted molar refractivity (Wildman–Crippen MR) is 112 cm³/mol. The van der Waals surface area contributed by atoms with Crippen LogP contribution >= 0.6 is 22.9 Å². The highest BCUT2D eigenvalue weighted by molar-refractivity contribution is 7.20. The van der Waals surface area contributed by atoms with E-state index < -0.39 is 0 Å². The molecule has 1 fully saturated rings. The normalized spacial score (nSPS) is 15.0. The van der Waals surface area contributed by atoms with Gasteiger partial charge < -0.3 is 14.4 Å². The van der Waals surface area contributed by atoms with Crippen LogP contribution in [-0.2, 0) is 0 Å². The maximum Gasteiger partial charge on any atom is 0.274 e. The van der Waals surface area contributed by atoms with Gasteiger partial charge in [0, 0.05) is 25.9 Å². The van der Waals surface area contributed by atoms with Crippen LogP contribution in [0.2, 0.25) is 5.02 Å². The number of hydrogen-bond donors (Lipinski definition) is 0. The van der Waals surface area contributed by atoms with Crippen LogP contribution in [-0.4, -0.2) is 41.6 Å². The molecule has 1 aliphatic heterocycles. The molecule has 146 valence electrons. The van der Waals surface area contributed by atoms with E-state index in [9.17, 15) is 4.79 Å². The number of aromatic nitrogens is 1. The molecule has 0 unspecified atom stereocenters. The highest BCUT2D eigenvalue weighted by Crippen LogP contribution is 2.33. The van der Waals surface area contributed by atoms with Crippen molar-refractivity contribution in [1.82, 2.24) is 9.88 Å². The number of para-hydroxylation sites is 2. The number of benzene rings is 2. The molecule has 1 amide bonds. The van der Waals surface area contributed by atoms with E-state index in [2.05, 4.69) is 4.98 Å². The quantitative estimate of drug-likeness (QED) is 0.585. The molecule has 0 bridgehead atoms. The minimum Gasteiger partial charge on any atom is -0.493 e. The number of ether oxygens (including phenoxy) is 2. The van der Waals surface area contributed by atoms with E-state index in [1.807, 2.05) is 54.3 Å². The number of likely N-dealkylation sites (tertiary alicyclic amines) is 1. The fraction of sp³-hybridized carbons (Fsp3) is 0.333. The van der Waals surface area contributed by atoms with Gasteiger partial charge in [0.25, 0.3) is 11.1 Å². The first-order valence-electron chi connectivity index (χ1n) is 9.38. The Bertz CT molecular complexity index is 983. The van der Waals surface area contributed by atoms with E-state index in [4.69, 9.17) is 21.1 Å². The summed E-state index contributed by atoms with van der Waals surface area (Å²) in [5.74, 6) is 0.647. The third-order valence-electron chi connectivity index (χ3n) is 4.76. The molecule has 0 N–H and O–H groups in total. The van der Waals surface area contributed by atoms with Gasteiger partial charge in [0.05, 0.1) is 21.9 Å². The fourth-order valence-corrected chi connectivity index (χ4v) is 4.54. The lowest BCUT2D eigenvalue weighted by Gasteiger charge is -2.32. The van der Waals surface area contributed by atoms with Crippen LogP contribution in [0.5, 0.6) is 10.9 Å². The minimum atomic E-state index is 0.00858. The number of fused-ring (bicyclic) bond motifs is 1. The van der Waals surface area contributed by atoms with Gasteiger partial charge in [0.1, 0.15) is 17.4 Å². The van der Waals surface area contributed by atoms with Crippen molar-refractivity contribution in [3.63, 3.8) is 0 Å². The van der Waals surface area contributed by atoms with Crippen molar-refractivity contribution in [2.45, 2.75) is 25.9 Å². The average Bonchev–Trinajstić information content (AvgIpc) is 3.13. The highest BCUT2D eigenvalue weighted by atomic mass is 35.5. The third kappa shape index (κ3) is 3.93. The predicted octanol–water partition coefficient (Wildman–Crippen LogP) is 5.03. The lowest BCUT2D eigenvalue weighted by Crippen LogP contribution is -2.41. The zero-order valence-corrected chi connectivity index (χ0v) is 17.1. The molecular formula is C21H21ClN2O3S.